The van der Waals surface area contributed by atoms with Crippen molar-refractivity contribution < 1.29 is 9.32 Å². The molecule has 0 atom stereocenters. The van der Waals surface area contributed by atoms with E-state index < -0.39 is 0 Å². The molecule has 166 valence electrons. The Labute approximate surface area is 185 Å². The van der Waals surface area contributed by atoms with Crippen molar-refractivity contribution in [2.45, 2.75) is 46.7 Å². The third-order valence-corrected chi connectivity index (χ3v) is 5.65. The topological polar surface area (TPSA) is 108 Å². The van der Waals surface area contributed by atoms with Crippen LogP contribution in [0.1, 0.15) is 34.6 Å². The predicted molar refractivity (Wildman–Crippen MR) is 119 cm³/mol. The molecule has 3 heterocycles. The Morgan fingerprint density at radius 2 is 2.00 bits per heavy atom. The van der Waals surface area contributed by atoms with E-state index >= 15 is 0 Å². The van der Waals surface area contributed by atoms with Crippen molar-refractivity contribution in [2.75, 3.05) is 6.54 Å². The Morgan fingerprint density at radius 3 is 2.75 bits per heavy atom. The summed E-state index contributed by atoms with van der Waals surface area (Å²) in [7, 11) is 0. The fourth-order valence-electron chi connectivity index (χ4n) is 3.73. The number of amides is 1. The fraction of sp³-hybridized carbons (Fsp3) is 0.348. The normalized spacial score (nSPS) is 11.2. The molecule has 0 aliphatic carbocycles. The van der Waals surface area contributed by atoms with Crippen molar-refractivity contribution in [1.29, 1.82) is 0 Å². The molecule has 4 rings (SSSR count). The third-order valence-electron chi connectivity index (χ3n) is 5.65. The van der Waals surface area contributed by atoms with Gasteiger partial charge in [0.25, 0.3) is 5.56 Å². The fourth-order valence-corrected chi connectivity index (χ4v) is 3.73. The lowest BCUT2D eigenvalue weighted by Crippen LogP contribution is -2.28. The van der Waals surface area contributed by atoms with E-state index in [9.17, 15) is 9.59 Å². The van der Waals surface area contributed by atoms with Gasteiger partial charge in [0.05, 0.1) is 25.0 Å². The van der Waals surface area contributed by atoms with Gasteiger partial charge in [0.1, 0.15) is 17.5 Å². The zero-order valence-electron chi connectivity index (χ0n) is 18.5. The number of benzene rings is 1. The van der Waals surface area contributed by atoms with E-state index in [1.165, 1.54) is 6.20 Å². The van der Waals surface area contributed by atoms with E-state index in [1.54, 1.807) is 15.6 Å². The monoisotopic (exact) mass is 434 g/mol. The number of carbonyl (C=O) groups excluding carboxylic acids is 1. The first-order valence-electron chi connectivity index (χ1n) is 10.6. The van der Waals surface area contributed by atoms with Crippen LogP contribution in [0.2, 0.25) is 0 Å². The molecule has 0 aliphatic rings. The van der Waals surface area contributed by atoms with Gasteiger partial charge in [0.2, 0.25) is 5.91 Å². The van der Waals surface area contributed by atoms with Crippen LogP contribution in [-0.2, 0) is 24.3 Å². The van der Waals surface area contributed by atoms with Crippen molar-refractivity contribution in [1.82, 2.24) is 29.8 Å². The minimum atomic E-state index is -0.131. The second kappa shape index (κ2) is 9.17. The van der Waals surface area contributed by atoms with E-state index in [1.807, 2.05) is 45.0 Å². The zero-order valence-corrected chi connectivity index (χ0v) is 18.5. The van der Waals surface area contributed by atoms with Gasteiger partial charge in [0, 0.05) is 18.5 Å². The molecule has 0 bridgehead atoms. The number of aryl methyl sites for hydroxylation is 3. The maximum atomic E-state index is 12.9. The first-order valence-corrected chi connectivity index (χ1v) is 10.6. The summed E-state index contributed by atoms with van der Waals surface area (Å²) in [6.45, 7) is 7.01. The number of aromatic nitrogens is 5. The first-order chi connectivity index (χ1) is 15.4. The molecule has 0 saturated heterocycles. The summed E-state index contributed by atoms with van der Waals surface area (Å²) in [5.74, 6) is 0.687. The van der Waals surface area contributed by atoms with Crippen LogP contribution < -0.4 is 10.9 Å². The smallest absolute Gasteiger partial charge is 0.264 e. The summed E-state index contributed by atoms with van der Waals surface area (Å²) in [4.78, 5) is 29.5. The van der Waals surface area contributed by atoms with Gasteiger partial charge in [-0.1, -0.05) is 29.4 Å². The largest absolute Gasteiger partial charge is 0.361 e. The number of hydrogen-bond donors (Lipinski definition) is 1. The second-order valence-corrected chi connectivity index (χ2v) is 7.86. The van der Waals surface area contributed by atoms with Crippen LogP contribution in [0.3, 0.4) is 0 Å². The van der Waals surface area contributed by atoms with Crippen LogP contribution in [0.4, 0.5) is 0 Å². The lowest BCUT2D eigenvalue weighted by molar-refractivity contribution is -0.121. The highest BCUT2D eigenvalue weighted by atomic mass is 16.5. The van der Waals surface area contributed by atoms with Crippen molar-refractivity contribution in [3.8, 4) is 0 Å². The van der Waals surface area contributed by atoms with E-state index in [-0.39, 0.29) is 11.5 Å². The molecular formula is C23H26N6O3. The van der Waals surface area contributed by atoms with E-state index in [2.05, 4.69) is 20.6 Å². The Balaban J connectivity index is 1.37. The van der Waals surface area contributed by atoms with Crippen molar-refractivity contribution >= 4 is 16.9 Å². The third kappa shape index (κ3) is 4.46. The van der Waals surface area contributed by atoms with Crippen molar-refractivity contribution in [3.63, 3.8) is 0 Å². The van der Waals surface area contributed by atoms with Gasteiger partial charge in [-0.3, -0.25) is 14.2 Å². The van der Waals surface area contributed by atoms with Gasteiger partial charge in [-0.2, -0.15) is 5.10 Å². The lowest BCUT2D eigenvalue weighted by Gasteiger charge is -2.09. The summed E-state index contributed by atoms with van der Waals surface area (Å²) in [6.07, 6.45) is 4.03. The second-order valence-electron chi connectivity index (χ2n) is 7.86. The molecule has 1 N–H and O–H groups in total. The Morgan fingerprint density at radius 1 is 1.19 bits per heavy atom. The number of nitrogens with zero attached hydrogens (tertiary/aromatic N) is 5. The average Bonchev–Trinajstić information content (AvgIpc) is 3.33. The number of hydrogen-bond acceptors (Lipinski definition) is 6. The standard InChI is InChI=1S/C23H26N6O3/c1-15-6-4-5-7-18(15)13-28-14-25-22-20(23(28)31)12-26-29(22)11-10-24-21(30)9-8-19-16(2)27-32-17(19)3/h4-7,12,14H,8-11,13H2,1-3H3,(H,24,30). The molecule has 1 amide bonds. The van der Waals surface area contributed by atoms with E-state index in [0.717, 1.165) is 28.1 Å². The molecule has 0 radical (unpaired) electrons. The van der Waals surface area contributed by atoms with Crippen LogP contribution in [0.25, 0.3) is 11.0 Å². The molecule has 9 nitrogen and oxygen atoms in total. The SMILES string of the molecule is Cc1ccccc1Cn1cnc2c(cnn2CCNC(=O)CCc2c(C)noc2C)c1=O. The Kier molecular flexibility index (Phi) is 6.16. The van der Waals surface area contributed by atoms with Crippen LogP contribution in [0.15, 0.2) is 46.1 Å². The molecule has 0 fully saturated rings. The van der Waals surface area contributed by atoms with Gasteiger partial charge in [-0.15, -0.1) is 0 Å². The quantitative estimate of drug-likeness (QED) is 0.456. The summed E-state index contributed by atoms with van der Waals surface area (Å²) in [5, 5.41) is 11.6. The number of rotatable bonds is 8. The van der Waals surface area contributed by atoms with Crippen LogP contribution in [0, 0.1) is 20.8 Å². The Hall–Kier alpha value is -3.75. The molecule has 32 heavy (non-hydrogen) atoms. The number of carbonyl (C=O) groups is 1. The highest BCUT2D eigenvalue weighted by Gasteiger charge is 2.13. The molecule has 0 spiro atoms. The molecule has 0 saturated carbocycles. The van der Waals surface area contributed by atoms with Crippen molar-refractivity contribution in [3.05, 3.63) is 75.3 Å². The summed E-state index contributed by atoms with van der Waals surface area (Å²) >= 11 is 0. The van der Waals surface area contributed by atoms with Crippen LogP contribution in [-0.4, -0.2) is 36.9 Å². The van der Waals surface area contributed by atoms with Gasteiger partial charge in [-0.25, -0.2) is 9.67 Å². The van der Waals surface area contributed by atoms with Crippen molar-refractivity contribution in [2.24, 2.45) is 0 Å². The summed E-state index contributed by atoms with van der Waals surface area (Å²) in [5.41, 5.74) is 4.37. The maximum Gasteiger partial charge on any atom is 0.264 e. The predicted octanol–water partition coefficient (Wildman–Crippen LogP) is 2.30. The highest BCUT2D eigenvalue weighted by Crippen LogP contribution is 2.14. The number of fused-ring (bicyclic) bond motifs is 1. The Bertz CT molecular complexity index is 1300. The summed E-state index contributed by atoms with van der Waals surface area (Å²) < 4.78 is 8.36. The van der Waals surface area contributed by atoms with E-state index in [0.29, 0.717) is 43.5 Å². The first kappa shape index (κ1) is 21.5. The lowest BCUT2D eigenvalue weighted by atomic mass is 10.1. The van der Waals surface area contributed by atoms with Gasteiger partial charge >= 0.3 is 0 Å². The molecule has 9 heteroatoms. The van der Waals surface area contributed by atoms with Gasteiger partial charge < -0.3 is 9.84 Å². The molecule has 1 aromatic carbocycles. The molecule has 3 aromatic heterocycles. The molecular weight excluding hydrogens is 408 g/mol. The molecule has 0 aliphatic heterocycles. The van der Waals surface area contributed by atoms with Crippen LogP contribution in [0.5, 0.6) is 0 Å². The van der Waals surface area contributed by atoms with E-state index in [4.69, 9.17) is 4.52 Å². The average molecular weight is 435 g/mol. The minimum absolute atomic E-state index is 0.0602. The number of nitrogens with one attached hydrogen (secondary N) is 1. The minimum Gasteiger partial charge on any atom is -0.361 e. The summed E-state index contributed by atoms with van der Waals surface area (Å²) in [6, 6.07) is 7.96. The maximum absolute atomic E-state index is 12.9. The zero-order chi connectivity index (χ0) is 22.7. The molecule has 0 unspecified atom stereocenters. The van der Waals surface area contributed by atoms with Crippen LogP contribution >= 0.6 is 0 Å². The van der Waals surface area contributed by atoms with Gasteiger partial charge in [-0.05, 0) is 38.3 Å². The molecule has 4 aromatic rings. The van der Waals surface area contributed by atoms with Gasteiger partial charge in [0.15, 0.2) is 5.65 Å². The highest BCUT2D eigenvalue weighted by molar-refractivity contribution is 5.76.